The Labute approximate surface area is 153 Å². The Morgan fingerprint density at radius 2 is 1.92 bits per heavy atom. The summed E-state index contributed by atoms with van der Waals surface area (Å²) >= 11 is 0. The average Bonchev–Trinajstić information content (AvgIpc) is 2.59. The highest BCUT2D eigenvalue weighted by atomic mass is 32.2. The van der Waals surface area contributed by atoms with E-state index in [2.05, 4.69) is 0 Å². The van der Waals surface area contributed by atoms with E-state index in [0.29, 0.717) is 6.54 Å². The maximum Gasteiger partial charge on any atom is 0.250 e. The van der Waals surface area contributed by atoms with Crippen LogP contribution in [0.4, 0.5) is 15.8 Å². The van der Waals surface area contributed by atoms with Gasteiger partial charge in [-0.1, -0.05) is 24.3 Å². The summed E-state index contributed by atoms with van der Waals surface area (Å²) < 4.78 is 39.3. The van der Waals surface area contributed by atoms with Crippen molar-refractivity contribution in [3.63, 3.8) is 0 Å². The minimum atomic E-state index is -3.78. The lowest BCUT2D eigenvalue weighted by Crippen LogP contribution is -2.50. The Morgan fingerprint density at radius 3 is 2.62 bits per heavy atom. The van der Waals surface area contributed by atoms with Gasteiger partial charge in [0.05, 0.1) is 11.9 Å². The molecular formula is C19H21FN2O3S. The monoisotopic (exact) mass is 376 g/mol. The van der Waals surface area contributed by atoms with Gasteiger partial charge in [0.15, 0.2) is 0 Å². The highest BCUT2D eigenvalue weighted by Crippen LogP contribution is 2.29. The molecule has 138 valence electrons. The summed E-state index contributed by atoms with van der Waals surface area (Å²) in [5.74, 6) is -0.883. The van der Waals surface area contributed by atoms with Crippen molar-refractivity contribution >= 4 is 27.3 Å². The second kappa shape index (κ2) is 7.07. The van der Waals surface area contributed by atoms with Crippen molar-refractivity contribution in [3.8, 4) is 0 Å². The fraction of sp³-hybridized carbons (Fsp3) is 0.316. The van der Waals surface area contributed by atoms with Gasteiger partial charge >= 0.3 is 0 Å². The number of hydrogen-bond donors (Lipinski definition) is 0. The summed E-state index contributed by atoms with van der Waals surface area (Å²) in [7, 11) is -3.78. The standard InChI is InChI=1S/C19H21FN2O3S/c1-14(22(26(2,24)25)17-10-5-9-16(20)13-17)19(23)21-12-6-8-15-7-3-4-11-18(15)21/h3-5,7,9-11,13-14H,6,8,12H2,1-2H3/t14-/m0/s1. The van der Waals surface area contributed by atoms with E-state index < -0.39 is 21.9 Å². The van der Waals surface area contributed by atoms with E-state index in [1.807, 2.05) is 24.3 Å². The third-order valence-electron chi connectivity index (χ3n) is 4.51. The van der Waals surface area contributed by atoms with Gasteiger partial charge in [-0.2, -0.15) is 0 Å². The molecule has 0 saturated carbocycles. The predicted octanol–water partition coefficient (Wildman–Crippen LogP) is 2.96. The lowest BCUT2D eigenvalue weighted by molar-refractivity contribution is -0.119. The minimum Gasteiger partial charge on any atom is -0.310 e. The zero-order chi connectivity index (χ0) is 18.9. The molecule has 5 nitrogen and oxygen atoms in total. The van der Waals surface area contributed by atoms with E-state index in [1.54, 1.807) is 4.90 Å². The number of nitrogens with zero attached hydrogens (tertiary/aromatic N) is 2. The summed E-state index contributed by atoms with van der Waals surface area (Å²) in [6, 6.07) is 11.9. The lowest BCUT2D eigenvalue weighted by atomic mass is 10.0. The molecule has 2 aromatic carbocycles. The number of sulfonamides is 1. The molecule has 0 radical (unpaired) electrons. The minimum absolute atomic E-state index is 0.138. The van der Waals surface area contributed by atoms with Crippen LogP contribution in [0.5, 0.6) is 0 Å². The molecule has 0 N–H and O–H groups in total. The van der Waals surface area contributed by atoms with Gasteiger partial charge in [-0.05, 0) is 49.6 Å². The molecule has 1 aliphatic heterocycles. The first-order valence-electron chi connectivity index (χ1n) is 8.43. The number of hydrogen-bond acceptors (Lipinski definition) is 3. The summed E-state index contributed by atoms with van der Waals surface area (Å²) in [6.07, 6.45) is 2.72. The van der Waals surface area contributed by atoms with Crippen LogP contribution in [0.2, 0.25) is 0 Å². The predicted molar refractivity (Wildman–Crippen MR) is 100 cm³/mol. The average molecular weight is 376 g/mol. The van der Waals surface area contributed by atoms with Gasteiger partial charge in [-0.3, -0.25) is 9.10 Å². The van der Waals surface area contributed by atoms with Crippen molar-refractivity contribution in [2.24, 2.45) is 0 Å². The molecular weight excluding hydrogens is 355 g/mol. The maximum absolute atomic E-state index is 13.6. The number of carbonyl (C=O) groups excluding carboxylic acids is 1. The highest BCUT2D eigenvalue weighted by molar-refractivity contribution is 7.92. The molecule has 26 heavy (non-hydrogen) atoms. The Balaban J connectivity index is 1.98. The van der Waals surface area contributed by atoms with Crippen LogP contribution in [0.25, 0.3) is 0 Å². The van der Waals surface area contributed by atoms with E-state index in [-0.39, 0.29) is 11.6 Å². The highest BCUT2D eigenvalue weighted by Gasteiger charge is 2.34. The fourth-order valence-electron chi connectivity index (χ4n) is 3.40. The first-order chi connectivity index (χ1) is 12.3. The van der Waals surface area contributed by atoms with Crippen molar-refractivity contribution in [3.05, 3.63) is 59.9 Å². The van der Waals surface area contributed by atoms with E-state index in [9.17, 15) is 17.6 Å². The summed E-state index contributed by atoms with van der Waals surface area (Å²) in [5.41, 5.74) is 2.01. The third kappa shape index (κ3) is 3.58. The summed E-state index contributed by atoms with van der Waals surface area (Å²) in [6.45, 7) is 2.06. The quantitative estimate of drug-likeness (QED) is 0.824. The molecule has 0 fully saturated rings. The Morgan fingerprint density at radius 1 is 1.19 bits per heavy atom. The van der Waals surface area contributed by atoms with Crippen LogP contribution in [0.1, 0.15) is 18.9 Å². The van der Waals surface area contributed by atoms with Gasteiger partial charge in [-0.25, -0.2) is 12.8 Å². The fourth-order valence-corrected chi connectivity index (χ4v) is 4.56. The number of rotatable bonds is 4. The van der Waals surface area contributed by atoms with Gasteiger partial charge < -0.3 is 4.90 Å². The van der Waals surface area contributed by atoms with Crippen LogP contribution in [0.3, 0.4) is 0 Å². The van der Waals surface area contributed by atoms with Crippen LogP contribution in [-0.4, -0.2) is 33.2 Å². The van der Waals surface area contributed by atoms with Crippen LogP contribution in [0, 0.1) is 5.82 Å². The van der Waals surface area contributed by atoms with E-state index in [1.165, 1.54) is 25.1 Å². The number of amides is 1. The Kier molecular flexibility index (Phi) is 5.00. The van der Waals surface area contributed by atoms with Crippen LogP contribution < -0.4 is 9.21 Å². The molecule has 3 rings (SSSR count). The molecule has 1 atom stereocenters. The molecule has 0 saturated heterocycles. The number of fused-ring (bicyclic) bond motifs is 1. The second-order valence-electron chi connectivity index (χ2n) is 6.44. The van der Waals surface area contributed by atoms with E-state index in [4.69, 9.17) is 0 Å². The van der Waals surface area contributed by atoms with Gasteiger partial charge in [0, 0.05) is 12.2 Å². The zero-order valence-corrected chi connectivity index (χ0v) is 15.5. The smallest absolute Gasteiger partial charge is 0.250 e. The molecule has 1 heterocycles. The first kappa shape index (κ1) is 18.4. The Bertz CT molecular complexity index is 930. The number of aryl methyl sites for hydroxylation is 1. The Hall–Kier alpha value is -2.41. The van der Waals surface area contributed by atoms with Gasteiger partial charge in [0.25, 0.3) is 5.91 Å². The molecule has 0 aliphatic carbocycles. The topological polar surface area (TPSA) is 57.7 Å². The largest absolute Gasteiger partial charge is 0.310 e. The number of para-hydroxylation sites is 1. The van der Waals surface area contributed by atoms with Gasteiger partial charge in [0.1, 0.15) is 11.9 Å². The van der Waals surface area contributed by atoms with Crippen LogP contribution >= 0.6 is 0 Å². The molecule has 0 bridgehead atoms. The van der Waals surface area contributed by atoms with Crippen molar-refractivity contribution in [1.82, 2.24) is 0 Å². The number of anilines is 2. The third-order valence-corrected chi connectivity index (χ3v) is 5.75. The van der Waals surface area contributed by atoms with Gasteiger partial charge in [0.2, 0.25) is 10.0 Å². The van der Waals surface area contributed by atoms with Crippen LogP contribution in [0.15, 0.2) is 48.5 Å². The van der Waals surface area contributed by atoms with Gasteiger partial charge in [-0.15, -0.1) is 0 Å². The van der Waals surface area contributed by atoms with E-state index in [0.717, 1.165) is 40.7 Å². The molecule has 1 amide bonds. The first-order valence-corrected chi connectivity index (χ1v) is 10.3. The molecule has 7 heteroatoms. The van der Waals surface area contributed by atoms with Crippen LogP contribution in [-0.2, 0) is 21.2 Å². The lowest BCUT2D eigenvalue weighted by Gasteiger charge is -2.35. The molecule has 1 aliphatic rings. The SMILES string of the molecule is C[C@@H](C(=O)N1CCCc2ccccc21)N(c1cccc(F)c1)S(C)(=O)=O. The molecule has 0 spiro atoms. The second-order valence-corrected chi connectivity index (χ2v) is 8.30. The van der Waals surface area contributed by atoms with Crippen molar-refractivity contribution in [2.75, 3.05) is 22.0 Å². The molecule has 0 aromatic heterocycles. The normalized spacial score (nSPS) is 15.3. The molecule has 0 unspecified atom stereocenters. The number of carbonyl (C=O) groups is 1. The van der Waals surface area contributed by atoms with Crippen molar-refractivity contribution in [1.29, 1.82) is 0 Å². The summed E-state index contributed by atoms with van der Waals surface area (Å²) in [4.78, 5) is 14.8. The summed E-state index contributed by atoms with van der Waals surface area (Å²) in [5, 5.41) is 0. The van der Waals surface area contributed by atoms with Crippen molar-refractivity contribution < 1.29 is 17.6 Å². The maximum atomic E-state index is 13.6. The molecule has 2 aromatic rings. The number of halogens is 1. The zero-order valence-electron chi connectivity index (χ0n) is 14.7. The van der Waals surface area contributed by atoms with Crippen molar-refractivity contribution in [2.45, 2.75) is 25.8 Å². The number of benzene rings is 2. The van der Waals surface area contributed by atoms with E-state index >= 15 is 0 Å².